The second kappa shape index (κ2) is 6.15. The molecule has 0 aliphatic carbocycles. The van der Waals surface area contributed by atoms with E-state index in [1.165, 1.54) is 7.11 Å². The van der Waals surface area contributed by atoms with Crippen LogP contribution < -0.4 is 10.1 Å². The van der Waals surface area contributed by atoms with Crippen LogP contribution in [0.15, 0.2) is 22.7 Å². The van der Waals surface area contributed by atoms with Crippen LogP contribution in [0.1, 0.15) is 11.3 Å². The van der Waals surface area contributed by atoms with Crippen LogP contribution in [-0.2, 0) is 11.2 Å². The number of ether oxygens (including phenoxy) is 1. The third-order valence-electron chi connectivity index (χ3n) is 2.54. The van der Waals surface area contributed by atoms with E-state index in [-0.39, 0.29) is 12.3 Å². The van der Waals surface area contributed by atoms with Crippen LogP contribution in [0.3, 0.4) is 0 Å². The molecule has 2 rings (SSSR count). The molecule has 0 unspecified atom stereocenters. The summed E-state index contributed by atoms with van der Waals surface area (Å²) in [5, 5.41) is 7.10. The number of rotatable bonds is 4. The zero-order valence-corrected chi connectivity index (χ0v) is 12.4. The summed E-state index contributed by atoms with van der Waals surface area (Å²) in [6.07, 6.45) is 0.0648. The number of hydrogen-bond acceptors (Lipinski definition) is 4. The van der Waals surface area contributed by atoms with E-state index in [1.54, 1.807) is 25.1 Å². The number of carbonyl (C=O) groups is 1. The van der Waals surface area contributed by atoms with Gasteiger partial charge in [0.1, 0.15) is 11.5 Å². The fourth-order valence-electron chi connectivity index (χ4n) is 1.76. The molecular weight excluding hydrogens is 303 g/mol. The van der Waals surface area contributed by atoms with Crippen molar-refractivity contribution in [2.24, 2.45) is 0 Å². The van der Waals surface area contributed by atoms with E-state index in [1.807, 2.05) is 0 Å². The van der Waals surface area contributed by atoms with Gasteiger partial charge in [0, 0.05) is 16.7 Å². The Hall–Kier alpha value is -1.72. The minimum atomic E-state index is -0.269. The second-order valence-electron chi connectivity index (χ2n) is 4.13. The molecular formula is C13H12Cl2N2O3. The van der Waals surface area contributed by atoms with E-state index in [4.69, 9.17) is 32.5 Å². The van der Waals surface area contributed by atoms with Gasteiger partial charge in [-0.05, 0) is 19.1 Å². The fraction of sp³-hybridized carbons (Fsp3) is 0.231. The van der Waals surface area contributed by atoms with Gasteiger partial charge in [-0.1, -0.05) is 28.4 Å². The van der Waals surface area contributed by atoms with Crippen LogP contribution in [0.4, 0.5) is 5.82 Å². The molecule has 1 heterocycles. The number of amides is 1. The normalized spacial score (nSPS) is 10.4. The summed E-state index contributed by atoms with van der Waals surface area (Å²) in [4.78, 5) is 11.9. The number of nitrogens with one attached hydrogen (secondary N) is 1. The van der Waals surface area contributed by atoms with Crippen molar-refractivity contribution in [3.05, 3.63) is 39.6 Å². The number of methoxy groups -OCH3 is 1. The van der Waals surface area contributed by atoms with Crippen molar-refractivity contribution in [2.75, 3.05) is 12.4 Å². The SMILES string of the molecule is COc1c(Cl)cc(Cl)cc1CC(=O)Nc1cc(C)on1. The average molecular weight is 315 g/mol. The number of anilines is 1. The van der Waals surface area contributed by atoms with Crippen molar-refractivity contribution in [3.8, 4) is 5.75 Å². The zero-order chi connectivity index (χ0) is 14.7. The highest BCUT2D eigenvalue weighted by Gasteiger charge is 2.14. The summed E-state index contributed by atoms with van der Waals surface area (Å²) in [5.41, 5.74) is 0.600. The largest absolute Gasteiger partial charge is 0.495 e. The van der Waals surface area contributed by atoms with Crippen molar-refractivity contribution < 1.29 is 14.1 Å². The maximum absolute atomic E-state index is 11.9. The van der Waals surface area contributed by atoms with Crippen molar-refractivity contribution >= 4 is 34.9 Å². The van der Waals surface area contributed by atoms with E-state index < -0.39 is 0 Å². The number of hydrogen-bond donors (Lipinski definition) is 1. The predicted molar refractivity (Wildman–Crippen MR) is 76.6 cm³/mol. The summed E-state index contributed by atoms with van der Waals surface area (Å²) in [5.74, 6) is 1.14. The van der Waals surface area contributed by atoms with Crippen LogP contribution >= 0.6 is 23.2 Å². The number of carbonyl (C=O) groups excluding carboxylic acids is 1. The van der Waals surface area contributed by atoms with E-state index >= 15 is 0 Å². The molecule has 0 radical (unpaired) electrons. The third-order valence-corrected chi connectivity index (χ3v) is 3.03. The molecule has 5 nitrogen and oxygen atoms in total. The van der Waals surface area contributed by atoms with Gasteiger partial charge in [-0.2, -0.15) is 0 Å². The lowest BCUT2D eigenvalue weighted by Crippen LogP contribution is -2.15. The van der Waals surface area contributed by atoms with Crippen LogP contribution in [0.2, 0.25) is 10.0 Å². The molecule has 1 amide bonds. The highest BCUT2D eigenvalue weighted by atomic mass is 35.5. The van der Waals surface area contributed by atoms with Gasteiger partial charge in [-0.15, -0.1) is 0 Å². The Morgan fingerprint density at radius 1 is 1.40 bits per heavy atom. The fourth-order valence-corrected chi connectivity index (χ4v) is 2.37. The summed E-state index contributed by atoms with van der Waals surface area (Å²) in [6.45, 7) is 1.74. The molecule has 0 bridgehead atoms. The Morgan fingerprint density at radius 3 is 2.75 bits per heavy atom. The Morgan fingerprint density at radius 2 is 2.15 bits per heavy atom. The van der Waals surface area contributed by atoms with Gasteiger partial charge in [-0.25, -0.2) is 0 Å². The van der Waals surface area contributed by atoms with Gasteiger partial charge in [0.25, 0.3) is 0 Å². The lowest BCUT2D eigenvalue weighted by atomic mass is 10.1. The molecule has 1 aromatic heterocycles. The molecule has 0 aliphatic heterocycles. The highest BCUT2D eigenvalue weighted by molar-refractivity contribution is 6.35. The van der Waals surface area contributed by atoms with Crippen LogP contribution in [0.5, 0.6) is 5.75 Å². The molecule has 0 fully saturated rings. The van der Waals surface area contributed by atoms with Crippen molar-refractivity contribution in [1.29, 1.82) is 0 Å². The number of halogens is 2. The van der Waals surface area contributed by atoms with Gasteiger partial charge in [0.2, 0.25) is 5.91 Å². The molecule has 1 N–H and O–H groups in total. The lowest BCUT2D eigenvalue weighted by molar-refractivity contribution is -0.115. The van der Waals surface area contributed by atoms with Gasteiger partial charge in [0.15, 0.2) is 5.82 Å². The molecule has 2 aromatic rings. The first-order valence-corrected chi connectivity index (χ1v) is 6.50. The highest BCUT2D eigenvalue weighted by Crippen LogP contribution is 2.32. The summed E-state index contributed by atoms with van der Waals surface area (Å²) in [7, 11) is 1.48. The number of aromatic nitrogens is 1. The molecule has 0 saturated heterocycles. The maximum atomic E-state index is 11.9. The number of aryl methyl sites for hydroxylation is 1. The third kappa shape index (κ3) is 3.43. The first kappa shape index (κ1) is 14.7. The molecule has 1 aromatic carbocycles. The first-order valence-electron chi connectivity index (χ1n) is 5.74. The molecule has 0 spiro atoms. The van der Waals surface area contributed by atoms with Gasteiger partial charge in [-0.3, -0.25) is 4.79 Å². The minimum absolute atomic E-state index is 0.0648. The van der Waals surface area contributed by atoms with Crippen molar-refractivity contribution in [3.63, 3.8) is 0 Å². The standard InChI is InChI=1S/C13H12Cl2N2O3/c1-7-3-11(17-20-7)16-12(18)5-8-4-9(14)6-10(15)13(8)19-2/h3-4,6H,5H2,1-2H3,(H,16,17,18). The second-order valence-corrected chi connectivity index (χ2v) is 4.97. The monoisotopic (exact) mass is 314 g/mol. The average Bonchev–Trinajstić information content (AvgIpc) is 2.74. The van der Waals surface area contributed by atoms with E-state index in [0.29, 0.717) is 32.9 Å². The Labute approximate surface area is 125 Å². The predicted octanol–water partition coefficient (Wildman–Crippen LogP) is 3.48. The van der Waals surface area contributed by atoms with Crippen molar-refractivity contribution in [1.82, 2.24) is 5.16 Å². The number of benzene rings is 1. The van der Waals surface area contributed by atoms with Gasteiger partial charge < -0.3 is 14.6 Å². The molecule has 7 heteroatoms. The number of nitrogens with zero attached hydrogens (tertiary/aromatic N) is 1. The lowest BCUT2D eigenvalue weighted by Gasteiger charge is -2.10. The van der Waals surface area contributed by atoms with Gasteiger partial charge >= 0.3 is 0 Å². The summed E-state index contributed by atoms with van der Waals surface area (Å²) >= 11 is 11.9. The molecule has 0 atom stereocenters. The topological polar surface area (TPSA) is 64.4 Å². The molecule has 0 saturated carbocycles. The smallest absolute Gasteiger partial charge is 0.230 e. The molecule has 106 valence electrons. The molecule has 0 aliphatic rings. The summed E-state index contributed by atoms with van der Waals surface area (Å²) < 4.78 is 10.0. The van der Waals surface area contributed by atoms with Crippen LogP contribution in [-0.4, -0.2) is 18.2 Å². The van der Waals surface area contributed by atoms with Crippen LogP contribution in [0, 0.1) is 6.92 Å². The summed E-state index contributed by atoms with van der Waals surface area (Å²) in [6, 6.07) is 4.82. The quantitative estimate of drug-likeness (QED) is 0.938. The first-order chi connectivity index (χ1) is 9.49. The van der Waals surface area contributed by atoms with Crippen LogP contribution in [0.25, 0.3) is 0 Å². The van der Waals surface area contributed by atoms with E-state index in [2.05, 4.69) is 10.5 Å². The van der Waals surface area contributed by atoms with Crippen molar-refractivity contribution in [2.45, 2.75) is 13.3 Å². The Balaban J connectivity index is 2.15. The Bertz CT molecular complexity index is 641. The van der Waals surface area contributed by atoms with E-state index in [0.717, 1.165) is 0 Å². The van der Waals surface area contributed by atoms with Gasteiger partial charge in [0.05, 0.1) is 18.6 Å². The minimum Gasteiger partial charge on any atom is -0.495 e. The zero-order valence-electron chi connectivity index (χ0n) is 10.9. The molecule has 20 heavy (non-hydrogen) atoms. The van der Waals surface area contributed by atoms with E-state index in [9.17, 15) is 4.79 Å². The Kier molecular flexibility index (Phi) is 4.52. The maximum Gasteiger partial charge on any atom is 0.230 e.